The molecule has 106 heavy (non-hydrogen) atoms. The maximum absolute atomic E-state index is 14.0. The third-order valence-corrected chi connectivity index (χ3v) is 16.6. The van der Waals surface area contributed by atoms with Crippen molar-refractivity contribution >= 4 is 72.0 Å². The first kappa shape index (κ1) is 77.3. The van der Waals surface area contributed by atoms with Gasteiger partial charge in [0, 0.05) is 35.3 Å². The number of carbonyl (C=O) groups is 9. The molecule has 21 nitrogen and oxygen atoms in total. The molecule has 0 spiro atoms. The lowest BCUT2D eigenvalue weighted by molar-refractivity contribution is -0.138. The summed E-state index contributed by atoms with van der Waals surface area (Å²) >= 11 is 0. The summed E-state index contributed by atoms with van der Waals surface area (Å²) in [5.41, 5.74) is 4.50. The Hall–Kier alpha value is -12.9. The number of esters is 9. The molecule has 0 radical (unpaired) electrons. The molecular weight excluding hydrogens is 1350 g/mol. The van der Waals surface area contributed by atoms with E-state index in [0.29, 0.717) is 42.1 Å². The predicted octanol–water partition coefficient (Wildman–Crippen LogP) is 16.5. The quantitative estimate of drug-likeness (QED) is 0.0127. The second-order valence-corrected chi connectivity index (χ2v) is 24.3. The normalized spacial score (nSPS) is 11.7. The van der Waals surface area contributed by atoms with E-state index in [-0.39, 0.29) is 104 Å². The van der Waals surface area contributed by atoms with Crippen molar-refractivity contribution < 1.29 is 96.0 Å². The molecule has 0 amide bonds. The minimum Gasteiger partial charge on any atom is -0.494 e. The molecule has 2 unspecified atom stereocenters. The van der Waals surface area contributed by atoms with Crippen molar-refractivity contribution in [1.82, 2.24) is 4.57 Å². The van der Waals surface area contributed by atoms with Gasteiger partial charge in [-0.05, 0) is 225 Å². The van der Waals surface area contributed by atoms with E-state index in [1.165, 1.54) is 120 Å². The monoisotopic (exact) mass is 1430 g/mol. The molecule has 0 aliphatic rings. The Bertz CT molecular complexity index is 4630. The Morgan fingerprint density at radius 1 is 0.368 bits per heavy atom. The van der Waals surface area contributed by atoms with E-state index in [2.05, 4.69) is 0 Å². The van der Waals surface area contributed by atoms with Crippen LogP contribution in [0.4, 0.5) is 0 Å². The van der Waals surface area contributed by atoms with Crippen LogP contribution in [0.1, 0.15) is 181 Å². The first-order valence-electron chi connectivity index (χ1n) is 34.6. The van der Waals surface area contributed by atoms with Crippen molar-refractivity contribution in [1.29, 1.82) is 0 Å². The van der Waals surface area contributed by atoms with E-state index in [4.69, 9.17) is 42.6 Å². The second kappa shape index (κ2) is 38.4. The van der Waals surface area contributed by atoms with Crippen molar-refractivity contribution in [2.75, 3.05) is 19.8 Å². The van der Waals surface area contributed by atoms with Gasteiger partial charge >= 0.3 is 53.7 Å². The van der Waals surface area contributed by atoms with Crippen LogP contribution in [-0.2, 0) is 33.3 Å². The van der Waals surface area contributed by atoms with E-state index in [9.17, 15) is 53.4 Å². The third kappa shape index (κ3) is 22.1. The molecule has 1 aromatic heterocycles. The molecule has 544 valence electrons. The van der Waals surface area contributed by atoms with Gasteiger partial charge in [0.15, 0.2) is 0 Å². The summed E-state index contributed by atoms with van der Waals surface area (Å²) in [7, 11) is 0. The molecule has 0 bridgehead atoms. The molecule has 0 saturated carbocycles. The topological polar surface area (TPSA) is 282 Å². The molecule has 0 saturated heterocycles. The van der Waals surface area contributed by atoms with Gasteiger partial charge in [-0.2, -0.15) is 0 Å². The van der Waals surface area contributed by atoms with Crippen molar-refractivity contribution in [3.63, 3.8) is 0 Å². The summed E-state index contributed by atoms with van der Waals surface area (Å²) in [5, 5.41) is 24.2. The van der Waals surface area contributed by atoms with Crippen LogP contribution in [-0.4, -0.2) is 94.4 Å². The number of hydrogen-bond acceptors (Lipinski definition) is 20. The van der Waals surface area contributed by atoms with E-state index in [1.54, 1.807) is 122 Å². The molecule has 1 heterocycles. The molecule has 9 aromatic rings. The van der Waals surface area contributed by atoms with Crippen LogP contribution in [0.2, 0.25) is 0 Å². The Labute approximate surface area is 612 Å². The third-order valence-electron chi connectivity index (χ3n) is 16.6. The van der Waals surface area contributed by atoms with Crippen molar-refractivity contribution in [3.05, 3.63) is 279 Å². The number of aromatic nitrogens is 1. The van der Waals surface area contributed by atoms with Crippen molar-refractivity contribution in [3.8, 4) is 46.2 Å². The van der Waals surface area contributed by atoms with Gasteiger partial charge in [0.05, 0.1) is 58.9 Å². The zero-order valence-corrected chi connectivity index (χ0v) is 59.1. The fourth-order valence-electron chi connectivity index (χ4n) is 10.6. The van der Waals surface area contributed by atoms with E-state index in [0.717, 1.165) is 38.5 Å². The van der Waals surface area contributed by atoms with Crippen LogP contribution in [0.5, 0.6) is 40.5 Å². The van der Waals surface area contributed by atoms with E-state index >= 15 is 0 Å². The second-order valence-electron chi connectivity index (χ2n) is 24.3. The number of hydrogen-bond donors (Lipinski definition) is 2. The highest BCUT2D eigenvalue weighted by atomic mass is 16.6. The molecule has 21 heteroatoms. The lowest BCUT2D eigenvalue weighted by atomic mass is 9.85. The number of ether oxygens (including phenoxy) is 9. The Kier molecular flexibility index (Phi) is 28.0. The number of rotatable bonds is 33. The summed E-state index contributed by atoms with van der Waals surface area (Å²) in [6.45, 7) is 10.4. The first-order chi connectivity index (χ1) is 51.3. The van der Waals surface area contributed by atoms with Crippen LogP contribution in [0.15, 0.2) is 212 Å². The number of benzene rings is 8. The average Bonchev–Trinajstić information content (AvgIpc) is 1.61. The molecule has 0 aliphatic carbocycles. The average molecular weight is 1430 g/mol. The number of nitrogens with zero attached hydrogens (tertiary/aromatic N) is 1. The SMILES string of the molecule is CCCCOC(=O)C=Cc1ccc(C(=O)Oc2ccc(C(=O)Oc3ccc(C(CC(CC)OC(=O)c4ccc(OC(=O)c5ccc(C=CC(=O)OCCCC)cc5)cc4)c4c(C)c(O)n(-c5ccc(OC(=O)c6ccc(OC(=O)c7ccc(C=CC(=O)OCCCC)cc7)cc6)cc5)c4O)cc3)cc2)cc1. The molecular formula is C85H79NO20. The molecule has 0 aliphatic heterocycles. The highest BCUT2D eigenvalue weighted by Gasteiger charge is 2.32. The van der Waals surface area contributed by atoms with Gasteiger partial charge in [-0.1, -0.05) is 95.5 Å². The first-order valence-corrected chi connectivity index (χ1v) is 34.6. The van der Waals surface area contributed by atoms with Crippen LogP contribution >= 0.6 is 0 Å². The standard InChI is InChI=1S/C85H79NO20/c1-6-10-51-98-74(87)48-19-56-13-22-60(23-14-56)81(93)103-69-40-30-63(31-41-69)80(92)101-67(9-4)54-73(59-28-38-68(39-29-59)102-84(96)64-32-42-70(43-33-64)104-82(94)61-24-15-57(16-25-61)20-49-75(88)99-52-11-7-2)77-55(5)78(90)86(79(77)91)66-36-46-72(47-37-66)106-85(97)65-34-44-71(45-35-65)105-83(95)62-26-17-58(18-27-62)21-50-76(89)100-53-12-8-3/h13-50,67,73,90-91H,6-12,51-54H2,1-5H3. The molecule has 8 aromatic carbocycles. The smallest absolute Gasteiger partial charge is 0.343 e. The highest BCUT2D eigenvalue weighted by Crippen LogP contribution is 2.45. The Morgan fingerprint density at radius 3 is 0.953 bits per heavy atom. The molecule has 2 N–H and O–H groups in total. The number of carbonyl (C=O) groups excluding carboxylic acids is 9. The van der Waals surface area contributed by atoms with Gasteiger partial charge < -0.3 is 52.8 Å². The van der Waals surface area contributed by atoms with Gasteiger partial charge in [-0.15, -0.1) is 0 Å². The summed E-state index contributed by atoms with van der Waals surface area (Å²) in [4.78, 5) is 116. The lowest BCUT2D eigenvalue weighted by Crippen LogP contribution is -2.21. The van der Waals surface area contributed by atoms with Crippen LogP contribution in [0, 0.1) is 6.92 Å². The zero-order valence-electron chi connectivity index (χ0n) is 59.1. The number of aromatic hydroxyl groups is 2. The Balaban J connectivity index is 0.873. The summed E-state index contributed by atoms with van der Waals surface area (Å²) in [6.07, 6.45) is 13.2. The predicted molar refractivity (Wildman–Crippen MR) is 394 cm³/mol. The molecule has 0 fully saturated rings. The van der Waals surface area contributed by atoms with Crippen molar-refractivity contribution in [2.24, 2.45) is 0 Å². The summed E-state index contributed by atoms with van der Waals surface area (Å²) < 4.78 is 50.9. The minimum absolute atomic E-state index is 0.0501. The minimum atomic E-state index is -0.821. The summed E-state index contributed by atoms with van der Waals surface area (Å²) in [6, 6.07) is 49.0. The number of unbranched alkanes of at least 4 members (excludes halogenated alkanes) is 3. The zero-order chi connectivity index (χ0) is 75.5. The lowest BCUT2D eigenvalue weighted by Gasteiger charge is -2.24. The van der Waals surface area contributed by atoms with Crippen LogP contribution < -0.4 is 23.7 Å². The van der Waals surface area contributed by atoms with Crippen molar-refractivity contribution in [2.45, 2.75) is 98.0 Å². The van der Waals surface area contributed by atoms with E-state index in [1.807, 2.05) is 27.7 Å². The van der Waals surface area contributed by atoms with Gasteiger partial charge in [-0.3, -0.25) is 4.57 Å². The fraction of sp³-hybridized carbons (Fsp3) is 0.212. The highest BCUT2D eigenvalue weighted by molar-refractivity contribution is 5.96. The fourth-order valence-corrected chi connectivity index (χ4v) is 10.6. The maximum Gasteiger partial charge on any atom is 0.343 e. The van der Waals surface area contributed by atoms with Gasteiger partial charge in [0.2, 0.25) is 11.8 Å². The maximum atomic E-state index is 14.0. The largest absolute Gasteiger partial charge is 0.494 e. The van der Waals surface area contributed by atoms with E-state index < -0.39 is 65.7 Å². The Morgan fingerprint density at radius 2 is 0.651 bits per heavy atom. The molecule has 9 rings (SSSR count). The van der Waals surface area contributed by atoms with Crippen LogP contribution in [0.25, 0.3) is 23.9 Å². The molecule has 2 atom stereocenters. The van der Waals surface area contributed by atoms with Gasteiger partial charge in [-0.25, -0.2) is 43.2 Å². The summed E-state index contributed by atoms with van der Waals surface area (Å²) in [5.74, 6) is -6.33. The van der Waals surface area contributed by atoms with Gasteiger partial charge in [0.25, 0.3) is 0 Å². The van der Waals surface area contributed by atoms with Crippen LogP contribution in [0.3, 0.4) is 0 Å². The van der Waals surface area contributed by atoms with Gasteiger partial charge in [0.1, 0.15) is 34.9 Å².